The number of primary amides is 1. The summed E-state index contributed by atoms with van der Waals surface area (Å²) in [6, 6.07) is 20.5. The number of carbonyl (C=O) groups excluding carboxylic acids is 1. The van der Waals surface area contributed by atoms with Gasteiger partial charge in [-0.05, 0) is 54.8 Å². The molecule has 6 heteroatoms. The van der Waals surface area contributed by atoms with E-state index < -0.39 is 11.3 Å². The lowest BCUT2D eigenvalue weighted by molar-refractivity contribution is -0.123. The van der Waals surface area contributed by atoms with Crippen LogP contribution in [0.2, 0.25) is 0 Å². The highest BCUT2D eigenvalue weighted by Crippen LogP contribution is 2.44. The van der Waals surface area contributed by atoms with Gasteiger partial charge in [0.1, 0.15) is 5.75 Å². The van der Waals surface area contributed by atoms with Crippen LogP contribution in [0, 0.1) is 0 Å². The molecule has 1 aromatic heterocycles. The van der Waals surface area contributed by atoms with E-state index in [0.29, 0.717) is 24.3 Å². The third-order valence-corrected chi connectivity index (χ3v) is 6.37. The van der Waals surface area contributed by atoms with E-state index in [1.54, 1.807) is 26.4 Å². The van der Waals surface area contributed by atoms with E-state index in [0.717, 1.165) is 33.3 Å². The molecule has 0 aliphatic carbocycles. The third kappa shape index (κ3) is 3.89. The lowest BCUT2D eigenvalue weighted by Gasteiger charge is -2.31. The van der Waals surface area contributed by atoms with Crippen molar-refractivity contribution >= 4 is 16.8 Å². The molecular weight excluding hydrogens is 416 g/mol. The summed E-state index contributed by atoms with van der Waals surface area (Å²) in [5.74, 6) is 1.00. The maximum Gasteiger partial charge on any atom is 0.228 e. The molecule has 4 aromatic rings. The number of hydrogen-bond acceptors (Lipinski definition) is 4. The molecular formula is C27H28N2O4. The van der Waals surface area contributed by atoms with Crippen molar-refractivity contribution in [1.82, 2.24) is 4.98 Å². The number of phenols is 1. The van der Waals surface area contributed by atoms with Gasteiger partial charge in [0.2, 0.25) is 5.91 Å². The van der Waals surface area contributed by atoms with Crippen LogP contribution in [0.3, 0.4) is 0 Å². The smallest absolute Gasteiger partial charge is 0.228 e. The largest absolute Gasteiger partial charge is 0.508 e. The van der Waals surface area contributed by atoms with Gasteiger partial charge in [-0.15, -0.1) is 0 Å². The van der Waals surface area contributed by atoms with Crippen LogP contribution < -0.4 is 15.2 Å². The summed E-state index contributed by atoms with van der Waals surface area (Å²) in [5.41, 5.74) is 9.54. The summed E-state index contributed by atoms with van der Waals surface area (Å²) in [6.07, 6.45) is 0.909. The molecule has 170 valence electrons. The Morgan fingerprint density at radius 2 is 1.70 bits per heavy atom. The molecule has 1 unspecified atom stereocenters. The van der Waals surface area contributed by atoms with Crippen LogP contribution in [0.25, 0.3) is 22.2 Å². The molecule has 0 fully saturated rings. The number of aromatic hydroxyl groups is 1. The van der Waals surface area contributed by atoms with Gasteiger partial charge in [0, 0.05) is 22.0 Å². The van der Waals surface area contributed by atoms with Crippen LogP contribution in [0.15, 0.2) is 66.7 Å². The minimum absolute atomic E-state index is 0.179. The Morgan fingerprint density at radius 1 is 1.00 bits per heavy atom. The highest BCUT2D eigenvalue weighted by atomic mass is 16.5. The van der Waals surface area contributed by atoms with Gasteiger partial charge >= 0.3 is 0 Å². The van der Waals surface area contributed by atoms with Gasteiger partial charge in [-0.2, -0.15) is 0 Å². The van der Waals surface area contributed by atoms with Crippen molar-refractivity contribution in [3.05, 3.63) is 77.9 Å². The highest BCUT2D eigenvalue weighted by Gasteiger charge is 2.41. The molecule has 0 saturated carbocycles. The van der Waals surface area contributed by atoms with Gasteiger partial charge in [-0.1, -0.05) is 37.3 Å². The molecule has 1 heterocycles. The van der Waals surface area contributed by atoms with E-state index in [1.165, 1.54) is 0 Å². The lowest BCUT2D eigenvalue weighted by atomic mass is 9.71. The summed E-state index contributed by atoms with van der Waals surface area (Å²) >= 11 is 0. The van der Waals surface area contributed by atoms with Crippen LogP contribution in [0.5, 0.6) is 17.2 Å². The van der Waals surface area contributed by atoms with Crippen molar-refractivity contribution in [2.75, 3.05) is 14.2 Å². The van der Waals surface area contributed by atoms with Crippen molar-refractivity contribution in [2.24, 2.45) is 5.73 Å². The Morgan fingerprint density at radius 3 is 2.33 bits per heavy atom. The number of nitrogens with two attached hydrogens (primary N) is 1. The number of benzene rings is 3. The molecule has 4 rings (SSSR count). The van der Waals surface area contributed by atoms with E-state index in [9.17, 15) is 9.90 Å². The van der Waals surface area contributed by atoms with Gasteiger partial charge in [0.25, 0.3) is 0 Å². The first kappa shape index (κ1) is 22.3. The monoisotopic (exact) mass is 444 g/mol. The molecule has 0 aliphatic rings. The SMILES string of the molecule is CCC(Cc1ccc(O)cc1)(C(N)=O)c1c(-c2ccc(OC)c(OC)c2)[nH]c2ccccc12. The first-order valence-electron chi connectivity index (χ1n) is 10.8. The number of aromatic nitrogens is 1. The number of phenolic OH excluding ortho intramolecular Hbond substituents is 1. The molecule has 0 saturated heterocycles. The van der Waals surface area contributed by atoms with Crippen LogP contribution in [0.1, 0.15) is 24.5 Å². The first-order chi connectivity index (χ1) is 15.9. The zero-order chi connectivity index (χ0) is 23.6. The molecule has 1 amide bonds. The second kappa shape index (κ2) is 8.90. The second-order valence-electron chi connectivity index (χ2n) is 8.13. The van der Waals surface area contributed by atoms with Gasteiger partial charge in [-0.3, -0.25) is 4.79 Å². The lowest BCUT2D eigenvalue weighted by Crippen LogP contribution is -2.43. The van der Waals surface area contributed by atoms with Gasteiger partial charge in [0.05, 0.1) is 25.3 Å². The number of rotatable bonds is 8. The number of carbonyl (C=O) groups is 1. The molecule has 33 heavy (non-hydrogen) atoms. The fraction of sp³-hybridized carbons (Fsp3) is 0.222. The molecule has 0 bridgehead atoms. The minimum Gasteiger partial charge on any atom is -0.508 e. The average molecular weight is 445 g/mol. The van der Waals surface area contributed by atoms with Crippen LogP contribution in [-0.2, 0) is 16.6 Å². The summed E-state index contributed by atoms with van der Waals surface area (Å²) in [5, 5.41) is 10.7. The Bertz CT molecular complexity index is 1290. The minimum atomic E-state index is -0.973. The summed E-state index contributed by atoms with van der Waals surface area (Å²) in [6.45, 7) is 1.98. The Balaban J connectivity index is 1.99. The fourth-order valence-electron chi connectivity index (χ4n) is 4.58. The number of fused-ring (bicyclic) bond motifs is 1. The zero-order valence-electron chi connectivity index (χ0n) is 19.0. The van der Waals surface area contributed by atoms with Gasteiger partial charge in [-0.25, -0.2) is 0 Å². The van der Waals surface area contributed by atoms with Crippen LogP contribution in [-0.4, -0.2) is 30.2 Å². The molecule has 6 nitrogen and oxygen atoms in total. The zero-order valence-corrected chi connectivity index (χ0v) is 19.0. The first-order valence-corrected chi connectivity index (χ1v) is 10.8. The van der Waals surface area contributed by atoms with E-state index in [-0.39, 0.29) is 5.75 Å². The molecule has 0 aliphatic heterocycles. The van der Waals surface area contributed by atoms with Crippen molar-refractivity contribution in [2.45, 2.75) is 25.2 Å². The number of aromatic amines is 1. The maximum atomic E-state index is 13.2. The third-order valence-electron chi connectivity index (χ3n) is 6.37. The molecule has 4 N–H and O–H groups in total. The van der Waals surface area contributed by atoms with Crippen LogP contribution in [0.4, 0.5) is 0 Å². The van der Waals surface area contributed by atoms with Gasteiger partial charge < -0.3 is 25.3 Å². The number of H-pyrrole nitrogens is 1. The second-order valence-corrected chi connectivity index (χ2v) is 8.13. The van der Waals surface area contributed by atoms with E-state index in [2.05, 4.69) is 4.98 Å². The number of amides is 1. The normalized spacial score (nSPS) is 12.9. The topological polar surface area (TPSA) is 97.6 Å². The molecule has 0 radical (unpaired) electrons. The maximum absolute atomic E-state index is 13.2. The van der Waals surface area contributed by atoms with Gasteiger partial charge in [0.15, 0.2) is 11.5 Å². The number of nitrogens with one attached hydrogen (secondary N) is 1. The molecule has 1 atom stereocenters. The Kier molecular flexibility index (Phi) is 6.01. The molecule has 0 spiro atoms. The number of methoxy groups -OCH3 is 2. The molecule has 3 aromatic carbocycles. The predicted molar refractivity (Wildman–Crippen MR) is 130 cm³/mol. The number of hydrogen-bond donors (Lipinski definition) is 3. The fourth-order valence-corrected chi connectivity index (χ4v) is 4.58. The highest BCUT2D eigenvalue weighted by molar-refractivity contribution is 6.00. The van der Waals surface area contributed by atoms with Crippen LogP contribution >= 0.6 is 0 Å². The Hall–Kier alpha value is -3.93. The van der Waals surface area contributed by atoms with Crippen molar-refractivity contribution in [1.29, 1.82) is 0 Å². The van der Waals surface area contributed by atoms with E-state index in [1.807, 2.05) is 61.5 Å². The summed E-state index contributed by atoms with van der Waals surface area (Å²) in [7, 11) is 3.19. The quantitative estimate of drug-likeness (QED) is 0.359. The predicted octanol–water partition coefficient (Wildman–Crippen LogP) is 4.93. The number of para-hydroxylation sites is 1. The van der Waals surface area contributed by atoms with Crippen molar-refractivity contribution in [3.63, 3.8) is 0 Å². The average Bonchev–Trinajstić information content (AvgIpc) is 3.23. The van der Waals surface area contributed by atoms with E-state index >= 15 is 0 Å². The summed E-state index contributed by atoms with van der Waals surface area (Å²) in [4.78, 5) is 16.7. The Labute approximate surface area is 193 Å². The standard InChI is InChI=1S/C27H28N2O4/c1-4-27(26(28)31,16-17-9-12-19(30)13-10-17)24-20-7-5-6-8-21(20)29-25(24)18-11-14-22(32-2)23(15-18)33-3/h5-15,29-30H,4,16H2,1-3H3,(H2,28,31). The summed E-state index contributed by atoms with van der Waals surface area (Å²) < 4.78 is 10.9. The van der Waals surface area contributed by atoms with E-state index in [4.69, 9.17) is 15.2 Å². The van der Waals surface area contributed by atoms with Crippen molar-refractivity contribution in [3.8, 4) is 28.5 Å². The number of ether oxygens (including phenoxy) is 2. The van der Waals surface area contributed by atoms with Crippen molar-refractivity contribution < 1.29 is 19.4 Å².